The molecule has 1 aliphatic rings. The Balaban J connectivity index is 2.22. The van der Waals surface area contributed by atoms with Gasteiger partial charge in [0.2, 0.25) is 5.91 Å². The summed E-state index contributed by atoms with van der Waals surface area (Å²) in [5.74, 6) is -1.82. The first-order chi connectivity index (χ1) is 9.42. The van der Waals surface area contributed by atoms with Crippen molar-refractivity contribution in [3.05, 3.63) is 29.8 Å². The summed E-state index contributed by atoms with van der Waals surface area (Å²) in [7, 11) is -3.44. The summed E-state index contributed by atoms with van der Waals surface area (Å²) in [6.45, 7) is 0. The Bertz CT molecular complexity index is 638. The summed E-state index contributed by atoms with van der Waals surface area (Å²) >= 11 is 0. The van der Waals surface area contributed by atoms with Gasteiger partial charge in [-0.25, -0.2) is 13.2 Å². The van der Waals surface area contributed by atoms with Crippen molar-refractivity contribution < 1.29 is 23.1 Å². The monoisotopic (exact) mass is 297 g/mol. The lowest BCUT2D eigenvalue weighted by Crippen LogP contribution is -2.39. The molecule has 1 atom stereocenters. The predicted octanol–water partition coefficient (Wildman–Crippen LogP) is 1.29. The molecule has 0 radical (unpaired) electrons. The van der Waals surface area contributed by atoms with Crippen LogP contribution in [0.25, 0.3) is 0 Å². The number of anilines is 1. The van der Waals surface area contributed by atoms with Gasteiger partial charge >= 0.3 is 5.97 Å². The maximum atomic E-state index is 12.1. The fraction of sp³-hybridized carbons (Fsp3) is 0.385. The Morgan fingerprint density at radius 2 is 1.90 bits per heavy atom. The van der Waals surface area contributed by atoms with Crippen molar-refractivity contribution in [3.63, 3.8) is 0 Å². The summed E-state index contributed by atoms with van der Waals surface area (Å²) in [6, 6.07) is 5.91. The van der Waals surface area contributed by atoms with Crippen molar-refractivity contribution in [3.8, 4) is 0 Å². The van der Waals surface area contributed by atoms with Crippen LogP contribution >= 0.6 is 0 Å². The molecule has 1 aromatic rings. The number of carbonyl (C=O) groups excluding carboxylic acids is 1. The maximum Gasteiger partial charge on any atom is 0.337 e. The van der Waals surface area contributed by atoms with Crippen molar-refractivity contribution >= 4 is 27.4 Å². The van der Waals surface area contributed by atoms with Crippen LogP contribution in [0.5, 0.6) is 0 Å². The van der Waals surface area contributed by atoms with E-state index in [9.17, 15) is 18.0 Å². The highest BCUT2D eigenvalue weighted by molar-refractivity contribution is 7.92. The molecule has 1 unspecified atom stereocenters. The molecule has 1 fully saturated rings. The second-order valence-corrected chi connectivity index (χ2v) is 6.99. The highest BCUT2D eigenvalue weighted by Crippen LogP contribution is 2.22. The second-order valence-electron chi connectivity index (χ2n) is 4.69. The molecule has 0 aromatic heterocycles. The van der Waals surface area contributed by atoms with Gasteiger partial charge in [0.15, 0.2) is 9.84 Å². The van der Waals surface area contributed by atoms with Crippen LogP contribution in [-0.2, 0) is 14.6 Å². The number of carbonyl (C=O) groups is 2. The van der Waals surface area contributed by atoms with Gasteiger partial charge in [0, 0.05) is 0 Å². The molecule has 1 aromatic carbocycles. The van der Waals surface area contributed by atoms with E-state index in [1.807, 2.05) is 0 Å². The molecule has 0 aliphatic carbocycles. The summed E-state index contributed by atoms with van der Waals surface area (Å²) in [6.07, 6.45) is 1.53. The minimum absolute atomic E-state index is 0.00562. The number of para-hydroxylation sites is 1. The third-order valence-electron chi connectivity index (χ3n) is 3.29. The fourth-order valence-electron chi connectivity index (χ4n) is 2.24. The zero-order chi connectivity index (χ0) is 14.8. The highest BCUT2D eigenvalue weighted by atomic mass is 32.2. The lowest BCUT2D eigenvalue weighted by molar-refractivity contribution is -0.116. The van der Waals surface area contributed by atoms with Crippen molar-refractivity contribution in [2.45, 2.75) is 24.5 Å². The third kappa shape index (κ3) is 2.98. The van der Waals surface area contributed by atoms with Crippen molar-refractivity contribution in [1.82, 2.24) is 0 Å². The predicted molar refractivity (Wildman–Crippen MR) is 73.5 cm³/mol. The topological polar surface area (TPSA) is 101 Å². The van der Waals surface area contributed by atoms with Crippen LogP contribution < -0.4 is 5.32 Å². The number of carboxylic acid groups (broad SMARTS) is 1. The van der Waals surface area contributed by atoms with Crippen molar-refractivity contribution in [2.24, 2.45) is 0 Å². The number of carboxylic acids is 1. The van der Waals surface area contributed by atoms with Gasteiger partial charge in [-0.1, -0.05) is 18.6 Å². The van der Waals surface area contributed by atoms with E-state index < -0.39 is 27.0 Å². The average molecular weight is 297 g/mol. The van der Waals surface area contributed by atoms with E-state index in [1.54, 1.807) is 6.07 Å². The Labute approximate surface area is 116 Å². The molecule has 0 spiro atoms. The number of aromatic carboxylic acids is 1. The first-order valence-electron chi connectivity index (χ1n) is 6.26. The van der Waals surface area contributed by atoms with Gasteiger partial charge < -0.3 is 10.4 Å². The normalized spacial score (nSPS) is 21.1. The summed E-state index contributed by atoms with van der Waals surface area (Å²) in [5, 5.41) is 10.4. The van der Waals surface area contributed by atoms with E-state index in [0.29, 0.717) is 12.8 Å². The third-order valence-corrected chi connectivity index (χ3v) is 5.46. The molecule has 1 saturated heterocycles. The number of hydrogen-bond donors (Lipinski definition) is 2. The van der Waals surface area contributed by atoms with E-state index in [1.165, 1.54) is 18.2 Å². The van der Waals surface area contributed by atoms with Crippen LogP contribution in [0.15, 0.2) is 24.3 Å². The Morgan fingerprint density at radius 3 is 2.55 bits per heavy atom. The molecule has 1 amide bonds. The molecular weight excluding hydrogens is 282 g/mol. The van der Waals surface area contributed by atoms with E-state index in [0.717, 1.165) is 0 Å². The van der Waals surface area contributed by atoms with Gasteiger partial charge in [-0.3, -0.25) is 4.79 Å². The van der Waals surface area contributed by atoms with E-state index in [-0.39, 0.29) is 23.4 Å². The molecule has 1 heterocycles. The van der Waals surface area contributed by atoms with Gasteiger partial charge in [0.05, 0.1) is 17.0 Å². The number of amides is 1. The van der Waals surface area contributed by atoms with Gasteiger partial charge in [-0.05, 0) is 25.0 Å². The van der Waals surface area contributed by atoms with Crippen LogP contribution in [0, 0.1) is 0 Å². The largest absolute Gasteiger partial charge is 0.478 e. The maximum absolute atomic E-state index is 12.1. The number of sulfone groups is 1. The first-order valence-corrected chi connectivity index (χ1v) is 7.98. The molecular formula is C13H15NO5S. The van der Waals surface area contributed by atoms with Crippen LogP contribution in [-0.4, -0.2) is 36.4 Å². The Kier molecular flexibility index (Phi) is 4.08. The lowest BCUT2D eigenvalue weighted by Gasteiger charge is -2.21. The van der Waals surface area contributed by atoms with Gasteiger partial charge in [-0.2, -0.15) is 0 Å². The zero-order valence-corrected chi connectivity index (χ0v) is 11.5. The molecule has 0 bridgehead atoms. The standard InChI is InChI=1S/C13H15NO5S/c15-12(11-7-3-4-8-20(11,18)19)14-10-6-2-1-5-9(10)13(16)17/h1-2,5-6,11H,3-4,7-8H2,(H,14,15)(H,16,17). The molecule has 7 heteroatoms. The SMILES string of the molecule is O=C(O)c1ccccc1NC(=O)C1CCCCS1(=O)=O. The molecule has 108 valence electrons. The minimum atomic E-state index is -3.44. The quantitative estimate of drug-likeness (QED) is 0.875. The van der Waals surface area contributed by atoms with Crippen LogP contribution in [0.2, 0.25) is 0 Å². The zero-order valence-electron chi connectivity index (χ0n) is 10.7. The van der Waals surface area contributed by atoms with Crippen molar-refractivity contribution in [1.29, 1.82) is 0 Å². The average Bonchev–Trinajstić information content (AvgIpc) is 2.38. The Hall–Kier alpha value is -1.89. The summed E-state index contributed by atoms with van der Waals surface area (Å²) in [4.78, 5) is 23.1. The van der Waals surface area contributed by atoms with E-state index in [2.05, 4.69) is 5.32 Å². The Morgan fingerprint density at radius 1 is 1.20 bits per heavy atom. The molecule has 6 nitrogen and oxygen atoms in total. The van der Waals surface area contributed by atoms with E-state index in [4.69, 9.17) is 5.11 Å². The highest BCUT2D eigenvalue weighted by Gasteiger charge is 2.35. The van der Waals surface area contributed by atoms with Gasteiger partial charge in [0.25, 0.3) is 0 Å². The van der Waals surface area contributed by atoms with Crippen LogP contribution in [0.4, 0.5) is 5.69 Å². The number of hydrogen-bond acceptors (Lipinski definition) is 4. The van der Waals surface area contributed by atoms with E-state index >= 15 is 0 Å². The molecule has 1 aliphatic heterocycles. The summed E-state index contributed by atoms with van der Waals surface area (Å²) in [5.41, 5.74) is 0.0554. The fourth-order valence-corrected chi connectivity index (χ4v) is 4.04. The lowest BCUT2D eigenvalue weighted by atomic mass is 10.1. The van der Waals surface area contributed by atoms with Crippen LogP contribution in [0.1, 0.15) is 29.6 Å². The number of nitrogens with one attached hydrogen (secondary N) is 1. The first kappa shape index (κ1) is 14.5. The second kappa shape index (κ2) is 5.62. The molecule has 2 N–H and O–H groups in total. The summed E-state index contributed by atoms with van der Waals surface area (Å²) < 4.78 is 23.7. The molecule has 20 heavy (non-hydrogen) atoms. The molecule has 0 saturated carbocycles. The molecule has 2 rings (SSSR count). The number of rotatable bonds is 3. The number of benzene rings is 1. The minimum Gasteiger partial charge on any atom is -0.478 e. The smallest absolute Gasteiger partial charge is 0.337 e. The van der Waals surface area contributed by atoms with Gasteiger partial charge in [-0.15, -0.1) is 0 Å². The van der Waals surface area contributed by atoms with Gasteiger partial charge in [0.1, 0.15) is 5.25 Å². The van der Waals surface area contributed by atoms with Crippen LogP contribution in [0.3, 0.4) is 0 Å². The van der Waals surface area contributed by atoms with Crippen molar-refractivity contribution in [2.75, 3.05) is 11.1 Å².